The fourth-order valence-corrected chi connectivity index (χ4v) is 2.22. The highest BCUT2D eigenvalue weighted by atomic mass is 16.1. The predicted molar refractivity (Wildman–Crippen MR) is 52.9 cm³/mol. The summed E-state index contributed by atoms with van der Waals surface area (Å²) >= 11 is 0. The highest BCUT2D eigenvalue weighted by Crippen LogP contribution is 2.33. The van der Waals surface area contributed by atoms with Crippen LogP contribution >= 0.6 is 0 Å². The normalized spacial score (nSPS) is 18.3. The van der Waals surface area contributed by atoms with E-state index >= 15 is 0 Å². The third-order valence-electron chi connectivity index (χ3n) is 2.96. The first kappa shape index (κ1) is 9.24. The van der Waals surface area contributed by atoms with Gasteiger partial charge in [0.2, 0.25) is 0 Å². The van der Waals surface area contributed by atoms with E-state index in [1.54, 1.807) is 6.20 Å². The summed E-state index contributed by atoms with van der Waals surface area (Å²) in [5.74, 6) is 0.0769. The second kappa shape index (κ2) is 3.82. The number of nitrogens with two attached hydrogens (primary N) is 1. The number of hydrogen-bond acceptors (Lipinski definition) is 2. The minimum atomic E-state index is -0.400. The Morgan fingerprint density at radius 1 is 1.43 bits per heavy atom. The van der Waals surface area contributed by atoms with E-state index in [1.807, 2.05) is 0 Å². The molecule has 0 atom stereocenters. The average molecular weight is 193 g/mol. The first-order valence-corrected chi connectivity index (χ1v) is 5.12. The van der Waals surface area contributed by atoms with Crippen molar-refractivity contribution >= 4 is 5.91 Å². The molecule has 1 aromatic heterocycles. The molecule has 0 aromatic carbocycles. The van der Waals surface area contributed by atoms with Gasteiger partial charge in [-0.15, -0.1) is 0 Å². The zero-order chi connectivity index (χ0) is 9.97. The lowest BCUT2D eigenvalue weighted by atomic mass is 9.84. The van der Waals surface area contributed by atoms with Crippen molar-refractivity contribution in [1.29, 1.82) is 0 Å². The Labute approximate surface area is 82.9 Å². The molecule has 0 radical (unpaired) electrons. The van der Waals surface area contributed by atoms with Crippen LogP contribution in [-0.4, -0.2) is 16.1 Å². The van der Waals surface area contributed by atoms with Crippen LogP contribution in [0, 0.1) is 0 Å². The van der Waals surface area contributed by atoms with Gasteiger partial charge in [-0.25, -0.2) is 0 Å². The number of carbonyl (C=O) groups is 1. The van der Waals surface area contributed by atoms with Crippen LogP contribution in [0.2, 0.25) is 0 Å². The fraction of sp³-hybridized carbons (Fsp3) is 0.600. The summed E-state index contributed by atoms with van der Waals surface area (Å²) in [7, 11) is 0. The predicted octanol–water partition coefficient (Wildman–Crippen LogP) is 1.56. The Kier molecular flexibility index (Phi) is 2.52. The molecule has 1 saturated carbocycles. The molecule has 14 heavy (non-hydrogen) atoms. The van der Waals surface area contributed by atoms with Crippen molar-refractivity contribution in [3.05, 3.63) is 17.5 Å². The smallest absolute Gasteiger partial charge is 0.267 e. The van der Waals surface area contributed by atoms with Gasteiger partial charge < -0.3 is 5.73 Å². The molecule has 0 unspecified atom stereocenters. The molecule has 1 aliphatic rings. The largest absolute Gasteiger partial charge is 0.364 e. The number of H-pyrrole nitrogens is 1. The molecular formula is C10H15N3O. The maximum atomic E-state index is 11.1. The molecule has 0 spiro atoms. The number of amides is 1. The Morgan fingerprint density at radius 3 is 2.79 bits per heavy atom. The van der Waals surface area contributed by atoms with Crippen molar-refractivity contribution in [3.63, 3.8) is 0 Å². The van der Waals surface area contributed by atoms with E-state index < -0.39 is 5.91 Å². The SMILES string of the molecule is NC(=O)c1[nH]ncc1C1CCCCC1. The van der Waals surface area contributed by atoms with E-state index in [0.717, 1.165) is 18.4 Å². The zero-order valence-electron chi connectivity index (χ0n) is 8.12. The summed E-state index contributed by atoms with van der Waals surface area (Å²) in [5.41, 5.74) is 6.76. The van der Waals surface area contributed by atoms with Crippen LogP contribution in [0.1, 0.15) is 54.1 Å². The Morgan fingerprint density at radius 2 is 2.14 bits per heavy atom. The van der Waals surface area contributed by atoms with Crippen LogP contribution in [0.25, 0.3) is 0 Å². The molecule has 0 aliphatic heterocycles. The van der Waals surface area contributed by atoms with Crippen molar-refractivity contribution in [1.82, 2.24) is 10.2 Å². The Balaban J connectivity index is 2.21. The molecule has 76 valence electrons. The van der Waals surface area contributed by atoms with Gasteiger partial charge in [-0.2, -0.15) is 5.10 Å². The molecule has 1 amide bonds. The van der Waals surface area contributed by atoms with E-state index in [4.69, 9.17) is 5.73 Å². The molecule has 2 rings (SSSR count). The van der Waals surface area contributed by atoms with Crippen molar-refractivity contribution < 1.29 is 4.79 Å². The number of aromatic nitrogens is 2. The number of nitrogens with zero attached hydrogens (tertiary/aromatic N) is 1. The highest BCUT2D eigenvalue weighted by molar-refractivity contribution is 5.92. The number of rotatable bonds is 2. The van der Waals surface area contributed by atoms with Crippen LogP contribution < -0.4 is 5.73 Å². The molecular weight excluding hydrogens is 178 g/mol. The minimum absolute atomic E-state index is 0.400. The quantitative estimate of drug-likeness (QED) is 0.748. The van der Waals surface area contributed by atoms with Gasteiger partial charge in [0.15, 0.2) is 0 Å². The molecule has 1 heterocycles. The van der Waals surface area contributed by atoms with E-state index in [1.165, 1.54) is 19.3 Å². The summed E-state index contributed by atoms with van der Waals surface area (Å²) in [5, 5.41) is 6.57. The molecule has 1 fully saturated rings. The highest BCUT2D eigenvalue weighted by Gasteiger charge is 2.21. The van der Waals surface area contributed by atoms with Crippen molar-refractivity contribution in [2.75, 3.05) is 0 Å². The van der Waals surface area contributed by atoms with Gasteiger partial charge in [0.05, 0.1) is 6.20 Å². The van der Waals surface area contributed by atoms with Crippen LogP contribution in [0.4, 0.5) is 0 Å². The lowest BCUT2D eigenvalue weighted by Gasteiger charge is -2.20. The average Bonchev–Trinajstić information content (AvgIpc) is 2.67. The van der Waals surface area contributed by atoms with Crippen LogP contribution in [-0.2, 0) is 0 Å². The van der Waals surface area contributed by atoms with Crippen LogP contribution in [0.5, 0.6) is 0 Å². The maximum absolute atomic E-state index is 11.1. The summed E-state index contributed by atoms with van der Waals surface area (Å²) in [6.45, 7) is 0. The molecule has 1 aromatic rings. The maximum Gasteiger partial charge on any atom is 0.267 e. The van der Waals surface area contributed by atoms with Gasteiger partial charge >= 0.3 is 0 Å². The first-order valence-electron chi connectivity index (χ1n) is 5.12. The van der Waals surface area contributed by atoms with Crippen molar-refractivity contribution in [2.24, 2.45) is 5.73 Å². The number of aromatic amines is 1. The number of hydrogen-bond donors (Lipinski definition) is 2. The second-order valence-corrected chi connectivity index (χ2v) is 3.90. The molecule has 0 bridgehead atoms. The van der Waals surface area contributed by atoms with Crippen LogP contribution in [0.3, 0.4) is 0 Å². The van der Waals surface area contributed by atoms with Gasteiger partial charge in [0.25, 0.3) is 5.91 Å². The fourth-order valence-electron chi connectivity index (χ4n) is 2.22. The number of primary amides is 1. The Hall–Kier alpha value is -1.32. The summed E-state index contributed by atoms with van der Waals surface area (Å²) in [6.07, 6.45) is 7.85. The lowest BCUT2D eigenvalue weighted by molar-refractivity contribution is 0.0994. The van der Waals surface area contributed by atoms with Gasteiger partial charge in [-0.05, 0) is 18.8 Å². The van der Waals surface area contributed by atoms with Gasteiger partial charge in [0, 0.05) is 5.56 Å². The van der Waals surface area contributed by atoms with E-state index in [-0.39, 0.29) is 0 Å². The minimum Gasteiger partial charge on any atom is -0.364 e. The van der Waals surface area contributed by atoms with Gasteiger partial charge in [0.1, 0.15) is 5.69 Å². The summed E-state index contributed by atoms with van der Waals surface area (Å²) in [6, 6.07) is 0. The molecule has 3 N–H and O–H groups in total. The van der Waals surface area contributed by atoms with Gasteiger partial charge in [-0.1, -0.05) is 19.3 Å². The third kappa shape index (κ3) is 1.64. The monoisotopic (exact) mass is 193 g/mol. The van der Waals surface area contributed by atoms with Crippen LogP contribution in [0.15, 0.2) is 6.20 Å². The standard InChI is InChI=1S/C10H15N3O/c11-10(14)9-8(6-12-13-9)7-4-2-1-3-5-7/h6-7H,1-5H2,(H2,11,14)(H,12,13). The number of carbonyl (C=O) groups excluding carboxylic acids is 1. The van der Waals surface area contributed by atoms with Crippen molar-refractivity contribution in [3.8, 4) is 0 Å². The van der Waals surface area contributed by atoms with E-state index in [9.17, 15) is 4.79 Å². The van der Waals surface area contributed by atoms with Gasteiger partial charge in [-0.3, -0.25) is 9.89 Å². The molecule has 1 aliphatic carbocycles. The summed E-state index contributed by atoms with van der Waals surface area (Å²) < 4.78 is 0. The van der Waals surface area contributed by atoms with E-state index in [0.29, 0.717) is 11.6 Å². The summed E-state index contributed by atoms with van der Waals surface area (Å²) in [4.78, 5) is 11.1. The third-order valence-corrected chi connectivity index (χ3v) is 2.96. The lowest BCUT2D eigenvalue weighted by Crippen LogP contribution is -2.16. The molecule has 4 nitrogen and oxygen atoms in total. The van der Waals surface area contributed by atoms with Crippen molar-refractivity contribution in [2.45, 2.75) is 38.0 Å². The number of nitrogens with one attached hydrogen (secondary N) is 1. The second-order valence-electron chi connectivity index (χ2n) is 3.90. The zero-order valence-corrected chi connectivity index (χ0v) is 8.12. The van der Waals surface area contributed by atoms with E-state index in [2.05, 4.69) is 10.2 Å². The molecule has 0 saturated heterocycles. The molecule has 4 heteroatoms. The first-order chi connectivity index (χ1) is 6.79. The topological polar surface area (TPSA) is 71.8 Å². The Bertz CT molecular complexity index is 326.